The quantitative estimate of drug-likeness (QED) is 0.535. The van der Waals surface area contributed by atoms with Gasteiger partial charge in [0.1, 0.15) is 11.9 Å². The summed E-state index contributed by atoms with van der Waals surface area (Å²) in [6, 6.07) is 25.3. The lowest BCUT2D eigenvalue weighted by atomic mass is 10.1. The zero-order valence-electron chi connectivity index (χ0n) is 14.8. The molecule has 0 amide bonds. The van der Waals surface area contributed by atoms with Crippen molar-refractivity contribution in [3.8, 4) is 0 Å². The summed E-state index contributed by atoms with van der Waals surface area (Å²) in [5.74, 6) is -2.76. The molecule has 0 radical (unpaired) electrons. The summed E-state index contributed by atoms with van der Waals surface area (Å²) >= 11 is 0. The van der Waals surface area contributed by atoms with Crippen molar-refractivity contribution in [3.05, 3.63) is 113 Å². The Balaban J connectivity index is 1.86. The van der Waals surface area contributed by atoms with Gasteiger partial charge in [-0.15, -0.1) is 0 Å². The Bertz CT molecular complexity index is 953. The molecule has 1 aliphatic rings. The molecule has 1 heterocycles. The van der Waals surface area contributed by atoms with Crippen molar-refractivity contribution in [3.63, 3.8) is 0 Å². The van der Waals surface area contributed by atoms with E-state index in [1.54, 1.807) is 54.6 Å². The molecule has 0 spiro atoms. The molecular weight excluding hydrogens is 365 g/mol. The SMILES string of the molecule is FC(F)(F)C1(c2ccccc2)O/C(=C\c2ccccc2)C(c2ccccc2)O1. The van der Waals surface area contributed by atoms with E-state index in [-0.39, 0.29) is 11.3 Å². The maximum Gasteiger partial charge on any atom is 0.460 e. The molecule has 2 atom stereocenters. The van der Waals surface area contributed by atoms with Crippen LogP contribution in [0.2, 0.25) is 0 Å². The molecule has 28 heavy (non-hydrogen) atoms. The van der Waals surface area contributed by atoms with Crippen LogP contribution in [0.4, 0.5) is 13.2 Å². The second-order valence-electron chi connectivity index (χ2n) is 6.45. The van der Waals surface area contributed by atoms with Gasteiger partial charge in [0.2, 0.25) is 0 Å². The minimum atomic E-state index is -4.77. The summed E-state index contributed by atoms with van der Waals surface area (Å²) in [6.45, 7) is 0. The van der Waals surface area contributed by atoms with E-state index >= 15 is 0 Å². The molecule has 2 nitrogen and oxygen atoms in total. The zero-order chi connectivity index (χ0) is 19.6. The summed E-state index contributed by atoms with van der Waals surface area (Å²) < 4.78 is 53.9. The first-order chi connectivity index (χ1) is 13.5. The molecule has 0 aromatic heterocycles. The molecule has 1 aliphatic heterocycles. The Hall–Kier alpha value is -3.05. The number of alkyl halides is 3. The predicted octanol–water partition coefficient (Wildman–Crippen LogP) is 6.23. The van der Waals surface area contributed by atoms with Crippen molar-refractivity contribution < 1.29 is 22.6 Å². The molecule has 1 saturated heterocycles. The Labute approximate surface area is 160 Å². The average Bonchev–Trinajstić information content (AvgIpc) is 3.11. The van der Waals surface area contributed by atoms with Gasteiger partial charge in [-0.2, -0.15) is 13.2 Å². The molecular formula is C23H17F3O2. The van der Waals surface area contributed by atoms with Gasteiger partial charge in [-0.05, 0) is 17.2 Å². The van der Waals surface area contributed by atoms with Gasteiger partial charge < -0.3 is 9.47 Å². The van der Waals surface area contributed by atoms with Crippen molar-refractivity contribution in [1.29, 1.82) is 0 Å². The molecule has 2 unspecified atom stereocenters. The third-order valence-corrected chi connectivity index (χ3v) is 4.54. The second kappa shape index (κ2) is 7.17. The fourth-order valence-electron chi connectivity index (χ4n) is 3.22. The van der Waals surface area contributed by atoms with Gasteiger partial charge in [-0.1, -0.05) is 91.0 Å². The van der Waals surface area contributed by atoms with Crippen LogP contribution in [-0.2, 0) is 15.3 Å². The van der Waals surface area contributed by atoms with Gasteiger partial charge in [0.05, 0.1) is 0 Å². The largest absolute Gasteiger partial charge is 0.460 e. The monoisotopic (exact) mass is 382 g/mol. The molecule has 0 aliphatic carbocycles. The third kappa shape index (κ3) is 3.29. The molecule has 0 N–H and O–H groups in total. The number of ether oxygens (including phenoxy) is 2. The number of benzene rings is 3. The maximum atomic E-state index is 14.2. The molecule has 4 rings (SSSR count). The Kier molecular flexibility index (Phi) is 4.69. The lowest BCUT2D eigenvalue weighted by molar-refractivity contribution is -0.354. The normalized spacial score (nSPS) is 23.5. The van der Waals surface area contributed by atoms with Crippen molar-refractivity contribution in [2.45, 2.75) is 18.1 Å². The summed E-state index contributed by atoms with van der Waals surface area (Å²) in [6.07, 6.45) is -4.16. The first-order valence-corrected chi connectivity index (χ1v) is 8.80. The van der Waals surface area contributed by atoms with Crippen molar-refractivity contribution in [1.82, 2.24) is 0 Å². The molecule has 142 valence electrons. The topological polar surface area (TPSA) is 18.5 Å². The number of hydrogen-bond acceptors (Lipinski definition) is 2. The predicted molar refractivity (Wildman–Crippen MR) is 99.9 cm³/mol. The number of halogens is 3. The van der Waals surface area contributed by atoms with Crippen LogP contribution in [0.3, 0.4) is 0 Å². The van der Waals surface area contributed by atoms with Crippen LogP contribution in [-0.4, -0.2) is 6.18 Å². The van der Waals surface area contributed by atoms with Gasteiger partial charge in [-0.3, -0.25) is 0 Å². The summed E-state index contributed by atoms with van der Waals surface area (Å²) in [4.78, 5) is 0. The first kappa shape index (κ1) is 18.3. The molecule has 0 bridgehead atoms. The van der Waals surface area contributed by atoms with Crippen molar-refractivity contribution in [2.24, 2.45) is 0 Å². The smallest absolute Gasteiger partial charge is 0.451 e. The van der Waals surface area contributed by atoms with E-state index in [9.17, 15) is 13.2 Å². The van der Waals surface area contributed by atoms with Crippen LogP contribution >= 0.6 is 0 Å². The molecule has 0 saturated carbocycles. The highest BCUT2D eigenvalue weighted by Gasteiger charge is 2.65. The highest BCUT2D eigenvalue weighted by molar-refractivity contribution is 5.54. The van der Waals surface area contributed by atoms with Crippen molar-refractivity contribution in [2.75, 3.05) is 0 Å². The van der Waals surface area contributed by atoms with E-state index in [2.05, 4.69) is 0 Å². The van der Waals surface area contributed by atoms with Gasteiger partial charge in [0, 0.05) is 5.56 Å². The fourth-order valence-corrected chi connectivity index (χ4v) is 3.22. The zero-order valence-corrected chi connectivity index (χ0v) is 14.8. The van der Waals surface area contributed by atoms with Gasteiger partial charge >= 0.3 is 12.0 Å². The Morgan fingerprint density at radius 3 is 1.86 bits per heavy atom. The van der Waals surface area contributed by atoms with Crippen LogP contribution in [0, 0.1) is 0 Å². The van der Waals surface area contributed by atoms with Crippen LogP contribution in [0.1, 0.15) is 22.8 Å². The molecule has 3 aromatic rings. The highest BCUT2D eigenvalue weighted by Crippen LogP contribution is 2.54. The Morgan fingerprint density at radius 1 is 0.750 bits per heavy atom. The minimum absolute atomic E-state index is 0.0973. The van der Waals surface area contributed by atoms with Crippen LogP contribution < -0.4 is 0 Å². The molecule has 5 heteroatoms. The summed E-state index contributed by atoms with van der Waals surface area (Å²) in [7, 11) is 0. The van der Waals surface area contributed by atoms with E-state index in [1.165, 1.54) is 24.3 Å². The lowest BCUT2D eigenvalue weighted by Crippen LogP contribution is -2.43. The van der Waals surface area contributed by atoms with Gasteiger partial charge in [-0.25, -0.2) is 0 Å². The van der Waals surface area contributed by atoms with Crippen molar-refractivity contribution >= 4 is 6.08 Å². The van der Waals surface area contributed by atoms with Crippen LogP contribution in [0.15, 0.2) is 96.8 Å². The average molecular weight is 382 g/mol. The molecule has 1 fully saturated rings. The minimum Gasteiger partial charge on any atom is -0.451 e. The summed E-state index contributed by atoms with van der Waals surface area (Å²) in [5.41, 5.74) is 1.22. The van der Waals surface area contributed by atoms with Crippen LogP contribution in [0.25, 0.3) is 6.08 Å². The van der Waals surface area contributed by atoms with E-state index in [0.29, 0.717) is 5.56 Å². The fraction of sp³-hybridized carbons (Fsp3) is 0.130. The van der Waals surface area contributed by atoms with Gasteiger partial charge in [0.15, 0.2) is 0 Å². The van der Waals surface area contributed by atoms with E-state index in [0.717, 1.165) is 5.56 Å². The second-order valence-corrected chi connectivity index (χ2v) is 6.45. The lowest BCUT2D eigenvalue weighted by Gasteiger charge is -2.30. The molecule has 3 aromatic carbocycles. The van der Waals surface area contributed by atoms with E-state index in [4.69, 9.17) is 9.47 Å². The third-order valence-electron chi connectivity index (χ3n) is 4.54. The first-order valence-electron chi connectivity index (χ1n) is 8.80. The summed E-state index contributed by atoms with van der Waals surface area (Å²) in [5, 5.41) is 0. The Morgan fingerprint density at radius 2 is 1.29 bits per heavy atom. The maximum absolute atomic E-state index is 14.2. The highest BCUT2D eigenvalue weighted by atomic mass is 19.4. The number of rotatable bonds is 3. The number of hydrogen-bond donors (Lipinski definition) is 0. The van der Waals surface area contributed by atoms with Crippen LogP contribution in [0.5, 0.6) is 0 Å². The standard InChI is InChI=1S/C23H17F3O2/c24-23(25,26)22(19-14-8-3-9-15-19)27-20(16-17-10-4-1-5-11-17)21(28-22)18-12-6-2-7-13-18/h1-16,21H/b20-16-. The van der Waals surface area contributed by atoms with E-state index in [1.807, 2.05) is 18.2 Å². The van der Waals surface area contributed by atoms with Gasteiger partial charge in [0.25, 0.3) is 0 Å². The van der Waals surface area contributed by atoms with E-state index < -0.39 is 18.1 Å².